The van der Waals surface area contributed by atoms with E-state index in [1.807, 2.05) is 42.5 Å². The smallest absolute Gasteiger partial charge is 0.273 e. The maximum Gasteiger partial charge on any atom is 0.273 e. The van der Waals surface area contributed by atoms with Gasteiger partial charge in [0.25, 0.3) is 5.91 Å². The van der Waals surface area contributed by atoms with Gasteiger partial charge in [-0.05, 0) is 12.1 Å². The van der Waals surface area contributed by atoms with E-state index in [1.165, 1.54) is 0 Å². The van der Waals surface area contributed by atoms with Crippen LogP contribution in [0.1, 0.15) is 16.2 Å². The molecule has 1 fully saturated rings. The summed E-state index contributed by atoms with van der Waals surface area (Å²) in [4.78, 5) is 12.0. The Morgan fingerprint density at radius 2 is 1.96 bits per heavy atom. The monoisotopic (exact) mass is 336 g/mol. The molecule has 0 bridgehead atoms. The number of hydrogen-bond donors (Lipinski definition) is 1. The minimum atomic E-state index is -0.245. The zero-order valence-corrected chi connectivity index (χ0v) is 13.4. The number of aromatic nitrogens is 5. The fourth-order valence-corrected chi connectivity index (χ4v) is 2.43. The van der Waals surface area contributed by atoms with Gasteiger partial charge in [0.2, 0.25) is 0 Å². The Kier molecular flexibility index (Phi) is 4.17. The Labute approximate surface area is 143 Å². The summed E-state index contributed by atoms with van der Waals surface area (Å²) < 4.78 is 6.59. The first-order chi connectivity index (χ1) is 12.3. The summed E-state index contributed by atoms with van der Waals surface area (Å²) in [7, 11) is 0. The highest BCUT2D eigenvalue weighted by Gasteiger charge is 2.22. The first-order valence-electron chi connectivity index (χ1n) is 7.95. The van der Waals surface area contributed by atoms with Gasteiger partial charge in [-0.3, -0.25) is 4.79 Å². The molecule has 8 nitrogen and oxygen atoms in total. The number of amides is 1. The van der Waals surface area contributed by atoms with E-state index in [9.17, 15) is 4.79 Å². The summed E-state index contributed by atoms with van der Waals surface area (Å²) in [6.45, 7) is 1.49. The predicted molar refractivity (Wildman–Crippen MR) is 88.7 cm³/mol. The first-order valence-corrected chi connectivity index (χ1v) is 7.95. The highest BCUT2D eigenvalue weighted by Crippen LogP contribution is 2.15. The molecule has 1 amide bonds. The van der Waals surface area contributed by atoms with Crippen molar-refractivity contribution in [1.29, 1.82) is 0 Å². The second-order valence-corrected chi connectivity index (χ2v) is 5.79. The van der Waals surface area contributed by atoms with Crippen LogP contribution >= 0.6 is 0 Å². The Morgan fingerprint density at radius 3 is 2.64 bits per heavy atom. The molecule has 8 heteroatoms. The lowest BCUT2D eigenvalue weighted by Gasteiger charge is -2.26. The molecule has 0 unspecified atom stereocenters. The predicted octanol–water partition coefficient (Wildman–Crippen LogP) is 0.912. The van der Waals surface area contributed by atoms with Crippen molar-refractivity contribution in [2.24, 2.45) is 0 Å². The summed E-state index contributed by atoms with van der Waals surface area (Å²) >= 11 is 0. The molecule has 1 N–H and O–H groups in total. The van der Waals surface area contributed by atoms with Crippen molar-refractivity contribution < 1.29 is 9.53 Å². The summed E-state index contributed by atoms with van der Waals surface area (Å²) in [5.41, 5.74) is 2.84. The maximum atomic E-state index is 12.0. The third-order valence-corrected chi connectivity index (χ3v) is 3.86. The molecular weight excluding hydrogens is 320 g/mol. The van der Waals surface area contributed by atoms with Gasteiger partial charge in [-0.1, -0.05) is 35.5 Å². The maximum absolute atomic E-state index is 12.0. The lowest BCUT2D eigenvalue weighted by Crippen LogP contribution is -2.48. The first kappa shape index (κ1) is 15.4. The van der Waals surface area contributed by atoms with Crippen LogP contribution < -0.4 is 5.32 Å². The summed E-state index contributed by atoms with van der Waals surface area (Å²) in [5.74, 6) is -0.245. The van der Waals surface area contributed by atoms with Crippen molar-refractivity contribution in [3.63, 3.8) is 0 Å². The van der Waals surface area contributed by atoms with E-state index in [-0.39, 0.29) is 17.6 Å². The van der Waals surface area contributed by atoms with Gasteiger partial charge in [-0.2, -0.15) is 10.2 Å². The van der Waals surface area contributed by atoms with Crippen LogP contribution in [0.15, 0.2) is 48.7 Å². The minimum Gasteiger partial charge on any atom is -0.377 e. The quantitative estimate of drug-likeness (QED) is 0.744. The molecule has 25 heavy (non-hydrogen) atoms. The van der Waals surface area contributed by atoms with Gasteiger partial charge in [0.1, 0.15) is 0 Å². The second kappa shape index (κ2) is 6.78. The lowest BCUT2D eigenvalue weighted by molar-refractivity contribution is -0.00355. The molecule has 0 aliphatic carbocycles. The average molecular weight is 336 g/mol. The standard InChI is InChI=1S/C17H16N6O2/c24-17(18-14-10-25-11-14)16-9-23(22-21-16)8-13-6-7-15(20-19-13)12-4-2-1-3-5-12/h1-7,9,14H,8,10-11H2,(H,18,24). The molecule has 1 aromatic carbocycles. The van der Waals surface area contributed by atoms with Crippen LogP contribution in [0.3, 0.4) is 0 Å². The van der Waals surface area contributed by atoms with E-state index in [2.05, 4.69) is 25.8 Å². The number of carbonyl (C=O) groups excluding carboxylic acids is 1. The number of benzene rings is 1. The molecule has 1 aliphatic heterocycles. The van der Waals surface area contributed by atoms with Crippen LogP contribution in [0, 0.1) is 0 Å². The van der Waals surface area contributed by atoms with Crippen molar-refractivity contribution in [2.45, 2.75) is 12.6 Å². The summed E-state index contributed by atoms with van der Waals surface area (Å²) in [6, 6.07) is 13.7. The highest BCUT2D eigenvalue weighted by atomic mass is 16.5. The van der Waals surface area contributed by atoms with Crippen LogP contribution in [0.25, 0.3) is 11.3 Å². The van der Waals surface area contributed by atoms with Gasteiger partial charge >= 0.3 is 0 Å². The molecule has 0 radical (unpaired) electrons. The molecule has 1 aliphatic rings. The number of rotatable bonds is 5. The molecule has 3 aromatic rings. The van der Waals surface area contributed by atoms with Crippen LogP contribution in [0.2, 0.25) is 0 Å². The average Bonchev–Trinajstić information content (AvgIpc) is 3.08. The van der Waals surface area contributed by atoms with Crippen molar-refractivity contribution in [2.75, 3.05) is 13.2 Å². The summed E-state index contributed by atoms with van der Waals surface area (Å²) in [5, 5.41) is 19.2. The van der Waals surface area contributed by atoms with Crippen LogP contribution in [0.5, 0.6) is 0 Å². The number of ether oxygens (including phenoxy) is 1. The van der Waals surface area contributed by atoms with Gasteiger partial charge in [0.05, 0.1) is 43.4 Å². The third kappa shape index (κ3) is 3.53. The Bertz CT molecular complexity index is 858. The number of nitrogens with one attached hydrogen (secondary N) is 1. The van der Waals surface area contributed by atoms with E-state index < -0.39 is 0 Å². The lowest BCUT2D eigenvalue weighted by atomic mass is 10.1. The van der Waals surface area contributed by atoms with Gasteiger partial charge < -0.3 is 10.1 Å². The molecule has 0 saturated carbocycles. The SMILES string of the molecule is O=C(NC1COC1)c1cn(Cc2ccc(-c3ccccc3)nn2)nn1. The van der Waals surface area contributed by atoms with Gasteiger partial charge in [0.15, 0.2) is 5.69 Å². The fraction of sp³-hybridized carbons (Fsp3) is 0.235. The van der Waals surface area contributed by atoms with Crippen molar-refractivity contribution in [3.05, 3.63) is 60.0 Å². The topological polar surface area (TPSA) is 94.8 Å². The second-order valence-electron chi connectivity index (χ2n) is 5.79. The van der Waals surface area contributed by atoms with Crippen molar-refractivity contribution in [3.8, 4) is 11.3 Å². The van der Waals surface area contributed by atoms with Gasteiger partial charge in [-0.25, -0.2) is 4.68 Å². The molecule has 3 heterocycles. The fourth-order valence-electron chi connectivity index (χ4n) is 2.43. The van der Waals surface area contributed by atoms with Crippen molar-refractivity contribution >= 4 is 5.91 Å². The largest absolute Gasteiger partial charge is 0.377 e. The van der Waals surface area contributed by atoms with Gasteiger partial charge in [-0.15, -0.1) is 5.10 Å². The third-order valence-electron chi connectivity index (χ3n) is 3.86. The Hall–Kier alpha value is -3.13. The Morgan fingerprint density at radius 1 is 1.12 bits per heavy atom. The van der Waals surface area contributed by atoms with E-state index >= 15 is 0 Å². The highest BCUT2D eigenvalue weighted by molar-refractivity contribution is 5.92. The molecule has 0 spiro atoms. The normalized spacial score (nSPS) is 14.1. The molecule has 4 rings (SSSR count). The van der Waals surface area contributed by atoms with Crippen LogP contribution in [-0.4, -0.2) is 50.4 Å². The Balaban J connectivity index is 1.41. The van der Waals surface area contributed by atoms with E-state index in [0.717, 1.165) is 17.0 Å². The van der Waals surface area contributed by atoms with Crippen molar-refractivity contribution in [1.82, 2.24) is 30.5 Å². The molecular formula is C17H16N6O2. The zero-order chi connectivity index (χ0) is 17.1. The molecule has 126 valence electrons. The van der Waals surface area contributed by atoms with E-state index in [1.54, 1.807) is 10.9 Å². The summed E-state index contributed by atoms with van der Waals surface area (Å²) in [6.07, 6.45) is 1.60. The number of carbonyl (C=O) groups is 1. The van der Waals surface area contributed by atoms with E-state index in [4.69, 9.17) is 4.74 Å². The molecule has 1 saturated heterocycles. The van der Waals surface area contributed by atoms with Crippen LogP contribution in [0.4, 0.5) is 0 Å². The number of nitrogens with zero attached hydrogens (tertiary/aromatic N) is 5. The van der Waals surface area contributed by atoms with Gasteiger partial charge in [0, 0.05) is 5.56 Å². The van der Waals surface area contributed by atoms with E-state index in [0.29, 0.717) is 19.8 Å². The zero-order valence-electron chi connectivity index (χ0n) is 13.4. The minimum absolute atomic E-state index is 0.0639. The molecule has 0 atom stereocenters. The van der Waals surface area contributed by atoms with Crippen LogP contribution in [-0.2, 0) is 11.3 Å². The number of hydrogen-bond acceptors (Lipinski definition) is 6. The molecule has 2 aromatic heterocycles.